The molecule has 0 amide bonds. The molecule has 0 bridgehead atoms. The second-order valence-corrected chi connectivity index (χ2v) is 7.39. The van der Waals surface area contributed by atoms with Crippen molar-refractivity contribution in [3.8, 4) is 0 Å². The van der Waals surface area contributed by atoms with Gasteiger partial charge in [0.25, 0.3) is 0 Å². The van der Waals surface area contributed by atoms with E-state index < -0.39 is 5.60 Å². The van der Waals surface area contributed by atoms with Crippen molar-refractivity contribution >= 4 is 5.78 Å². The van der Waals surface area contributed by atoms with Crippen LogP contribution in [0.2, 0.25) is 0 Å². The predicted molar refractivity (Wildman–Crippen MR) is 79.2 cm³/mol. The number of ether oxygens (including phenoxy) is 1. The first kappa shape index (κ1) is 18.1. The Hall–Kier alpha value is 0.0451. The molecule has 0 aliphatic heterocycles. The van der Waals surface area contributed by atoms with Gasteiger partial charge < -0.3 is 0 Å². The van der Waals surface area contributed by atoms with Gasteiger partial charge in [-0.25, -0.2) is 0 Å². The van der Waals surface area contributed by atoms with Gasteiger partial charge in [-0.05, 0) is 0 Å². The molecule has 1 aliphatic rings. The fourth-order valence-electron chi connectivity index (χ4n) is 3.10. The quantitative estimate of drug-likeness (QED) is 0.301. The zero-order valence-corrected chi connectivity index (χ0v) is 19.0. The van der Waals surface area contributed by atoms with E-state index in [1.807, 2.05) is 6.92 Å². The number of hydrogen-bond acceptors (Lipinski definition) is 2. The third-order valence-corrected chi connectivity index (χ3v) is 6.11. The Kier molecular flexibility index (Phi) is 7.67. The zero-order valence-electron chi connectivity index (χ0n) is 13.6. The van der Waals surface area contributed by atoms with Gasteiger partial charge in [0.2, 0.25) is 0 Å². The van der Waals surface area contributed by atoms with E-state index in [4.69, 9.17) is 4.74 Å². The molecular weight excluding hydrogens is 437 g/mol. The monoisotopic (exact) mass is 465 g/mol. The number of carbonyl (C=O) groups is 1. The fourth-order valence-corrected chi connectivity index (χ4v) is 5.34. The third kappa shape index (κ3) is 3.82. The summed E-state index contributed by atoms with van der Waals surface area (Å²) < 4.78 is 7.84. The van der Waals surface area contributed by atoms with Crippen molar-refractivity contribution in [3.63, 3.8) is 0 Å². The van der Waals surface area contributed by atoms with E-state index in [2.05, 4.69) is 17.4 Å². The van der Waals surface area contributed by atoms with E-state index in [1.165, 1.54) is 44.1 Å². The van der Waals surface area contributed by atoms with Crippen molar-refractivity contribution in [1.29, 1.82) is 0 Å². The van der Waals surface area contributed by atoms with Crippen molar-refractivity contribution in [2.24, 2.45) is 0 Å². The fraction of sp³-hybridized carbons (Fsp3) is 0.706. The third-order valence-electron chi connectivity index (χ3n) is 4.52. The van der Waals surface area contributed by atoms with Crippen LogP contribution in [0.1, 0.15) is 65.7 Å². The molecule has 0 saturated heterocycles. The number of methoxy groups -OCH3 is 1. The second kappa shape index (κ2) is 8.48. The molecule has 0 aromatic rings. The SMILES string of the molecule is CCCCCCCCC1=C(C)C(=O)/C(=[CH]\[Hg])C1(C)OC. The van der Waals surface area contributed by atoms with Crippen LogP contribution >= 0.6 is 0 Å². The van der Waals surface area contributed by atoms with Crippen LogP contribution in [0.4, 0.5) is 0 Å². The molecule has 0 saturated carbocycles. The van der Waals surface area contributed by atoms with Gasteiger partial charge >= 0.3 is 140 Å². The number of hydrogen-bond donors (Lipinski definition) is 0. The summed E-state index contributed by atoms with van der Waals surface area (Å²) in [4.78, 5) is 12.3. The summed E-state index contributed by atoms with van der Waals surface area (Å²) in [6.45, 7) is 6.27. The summed E-state index contributed by atoms with van der Waals surface area (Å²) in [5.41, 5.74) is 2.59. The Balaban J connectivity index is 2.65. The molecule has 1 unspecified atom stereocenters. The summed E-state index contributed by atoms with van der Waals surface area (Å²) in [6.07, 6.45) is 8.70. The number of rotatable bonds is 8. The summed E-state index contributed by atoms with van der Waals surface area (Å²) in [6, 6.07) is 0. The van der Waals surface area contributed by atoms with E-state index in [0.717, 1.165) is 17.6 Å². The molecule has 1 atom stereocenters. The maximum atomic E-state index is 12.3. The van der Waals surface area contributed by atoms with Gasteiger partial charge in [-0.15, -0.1) is 0 Å². The second-order valence-electron chi connectivity index (χ2n) is 5.81. The molecule has 0 heterocycles. The zero-order chi connectivity index (χ0) is 15.2. The van der Waals surface area contributed by atoms with Crippen LogP contribution in [-0.2, 0) is 35.7 Å². The minimum atomic E-state index is -0.452. The van der Waals surface area contributed by atoms with E-state index in [0.29, 0.717) is 26.1 Å². The van der Waals surface area contributed by atoms with Crippen molar-refractivity contribution in [2.75, 3.05) is 7.11 Å². The Bertz CT molecular complexity index is 409. The average Bonchev–Trinajstić information content (AvgIpc) is 2.63. The first-order valence-corrected chi connectivity index (χ1v) is 11.0. The van der Waals surface area contributed by atoms with Crippen molar-refractivity contribution in [3.05, 3.63) is 20.3 Å². The molecule has 0 radical (unpaired) electrons. The molecule has 1 rings (SSSR count). The van der Waals surface area contributed by atoms with E-state index in [-0.39, 0.29) is 5.78 Å². The topological polar surface area (TPSA) is 26.3 Å². The standard InChI is InChI=1S/C17H27O2.Hg/c1-6-7-8-9-10-11-12-15-13(2)16(18)14(3)17(15,4)19-5;/h3H,6-12H2,1-2,4-5H3;. The van der Waals surface area contributed by atoms with Crippen molar-refractivity contribution in [2.45, 2.75) is 71.3 Å². The Labute approximate surface area is 140 Å². The van der Waals surface area contributed by atoms with Crippen LogP contribution in [0.3, 0.4) is 0 Å². The summed E-state index contributed by atoms with van der Waals surface area (Å²) in [7, 11) is 1.73. The Morgan fingerprint density at radius 2 is 1.80 bits per heavy atom. The maximum absolute atomic E-state index is 12.3. The average molecular weight is 464 g/mol. The van der Waals surface area contributed by atoms with Crippen LogP contribution in [0, 0.1) is 0 Å². The van der Waals surface area contributed by atoms with E-state index in [1.54, 1.807) is 7.11 Å². The number of carbonyl (C=O) groups excluding carboxylic acids is 1. The number of Topliss-reactive ketones (excluding diaryl/α,β-unsaturated/α-hetero) is 1. The van der Waals surface area contributed by atoms with E-state index in [9.17, 15) is 4.79 Å². The predicted octanol–water partition coefficient (Wildman–Crippen LogP) is 4.47. The van der Waals surface area contributed by atoms with Gasteiger partial charge in [-0.2, -0.15) is 0 Å². The van der Waals surface area contributed by atoms with Gasteiger partial charge in [-0.1, -0.05) is 0 Å². The molecule has 2 nitrogen and oxygen atoms in total. The summed E-state index contributed by atoms with van der Waals surface area (Å²) in [5.74, 6) is 0.213. The van der Waals surface area contributed by atoms with Gasteiger partial charge in [-0.3, -0.25) is 0 Å². The van der Waals surface area contributed by atoms with Crippen molar-refractivity contribution in [1.82, 2.24) is 0 Å². The Morgan fingerprint density at radius 1 is 1.20 bits per heavy atom. The molecule has 0 N–H and O–H groups in total. The van der Waals surface area contributed by atoms with Crippen LogP contribution in [0.15, 0.2) is 20.3 Å². The molecule has 20 heavy (non-hydrogen) atoms. The Morgan fingerprint density at radius 3 is 2.35 bits per heavy atom. The van der Waals surface area contributed by atoms with Gasteiger partial charge in [0.15, 0.2) is 0 Å². The molecule has 109 valence electrons. The number of ketones is 1. The van der Waals surface area contributed by atoms with Gasteiger partial charge in [0.1, 0.15) is 0 Å². The molecule has 0 fully saturated rings. The molecule has 0 aromatic carbocycles. The number of unbranched alkanes of at least 4 members (excludes halogenated alkanes) is 5. The van der Waals surface area contributed by atoms with Crippen LogP contribution in [-0.4, -0.2) is 18.5 Å². The van der Waals surface area contributed by atoms with Gasteiger partial charge in [0, 0.05) is 0 Å². The van der Waals surface area contributed by atoms with Crippen LogP contribution in [0.25, 0.3) is 0 Å². The number of allylic oxidation sites excluding steroid dienone is 1. The van der Waals surface area contributed by atoms with Crippen LogP contribution < -0.4 is 0 Å². The molecule has 3 heteroatoms. The molecule has 0 aromatic heterocycles. The minimum absolute atomic E-state index is 0.213. The molecule has 1 aliphatic carbocycles. The van der Waals surface area contributed by atoms with Crippen molar-refractivity contribution < 1.29 is 35.7 Å². The molecular formula is C17H27HgO2. The summed E-state index contributed by atoms with van der Waals surface area (Å²) >= 11 is 0.484. The first-order chi connectivity index (χ1) is 9.52. The first-order valence-electron chi connectivity index (χ1n) is 7.82. The summed E-state index contributed by atoms with van der Waals surface area (Å²) in [5, 5.41) is 0. The molecule has 0 spiro atoms. The van der Waals surface area contributed by atoms with E-state index >= 15 is 0 Å². The van der Waals surface area contributed by atoms with Gasteiger partial charge in [0.05, 0.1) is 0 Å². The normalized spacial score (nSPS) is 25.1. The van der Waals surface area contributed by atoms with Crippen LogP contribution in [0.5, 0.6) is 0 Å².